The summed E-state index contributed by atoms with van der Waals surface area (Å²) in [6.07, 6.45) is 0. The van der Waals surface area contributed by atoms with Crippen LogP contribution < -0.4 is 14.8 Å². The minimum Gasteiger partial charge on any atom is -0.506 e. The van der Waals surface area contributed by atoms with Gasteiger partial charge in [-0.05, 0) is 50.1 Å². The Morgan fingerprint density at radius 2 is 1.82 bits per heavy atom. The standard InChI is InChI=1S/C14H12Br2N2O4/c1-21-11-4-3-10(14(18-11)22-2)17-13(20)7-5-8(15)12(19)9(16)6-7/h3-6,19H,1-2H3,(H,17,20). The number of pyridine rings is 1. The van der Waals surface area contributed by atoms with Crippen molar-refractivity contribution in [3.8, 4) is 17.5 Å². The second-order valence-corrected chi connectivity index (χ2v) is 5.86. The first-order valence-electron chi connectivity index (χ1n) is 6.04. The van der Waals surface area contributed by atoms with E-state index in [-0.39, 0.29) is 17.5 Å². The van der Waals surface area contributed by atoms with E-state index in [1.165, 1.54) is 26.4 Å². The van der Waals surface area contributed by atoms with E-state index in [0.29, 0.717) is 26.1 Å². The van der Waals surface area contributed by atoms with Crippen LogP contribution in [0.5, 0.6) is 17.5 Å². The number of amides is 1. The predicted molar refractivity (Wildman–Crippen MR) is 88.8 cm³/mol. The molecule has 0 spiro atoms. The van der Waals surface area contributed by atoms with E-state index in [0.717, 1.165) is 0 Å². The van der Waals surface area contributed by atoms with Gasteiger partial charge >= 0.3 is 0 Å². The smallest absolute Gasteiger partial charge is 0.255 e. The summed E-state index contributed by atoms with van der Waals surface area (Å²) in [6, 6.07) is 6.27. The number of rotatable bonds is 4. The number of aromatic hydroxyl groups is 1. The summed E-state index contributed by atoms with van der Waals surface area (Å²) in [4.78, 5) is 16.4. The van der Waals surface area contributed by atoms with Gasteiger partial charge in [0.15, 0.2) is 0 Å². The zero-order valence-corrected chi connectivity index (χ0v) is 14.9. The van der Waals surface area contributed by atoms with Crippen molar-refractivity contribution in [1.29, 1.82) is 0 Å². The molecule has 0 aliphatic heterocycles. The fourth-order valence-corrected chi connectivity index (χ4v) is 2.87. The van der Waals surface area contributed by atoms with E-state index in [2.05, 4.69) is 42.2 Å². The van der Waals surface area contributed by atoms with Gasteiger partial charge < -0.3 is 19.9 Å². The van der Waals surface area contributed by atoms with Crippen molar-refractivity contribution in [3.05, 3.63) is 38.8 Å². The molecule has 2 N–H and O–H groups in total. The van der Waals surface area contributed by atoms with Crippen molar-refractivity contribution < 1.29 is 19.4 Å². The Balaban J connectivity index is 2.29. The van der Waals surface area contributed by atoms with Gasteiger partial charge in [0.25, 0.3) is 5.91 Å². The minimum atomic E-state index is -0.369. The summed E-state index contributed by atoms with van der Waals surface area (Å²) in [5.41, 5.74) is 0.767. The maximum Gasteiger partial charge on any atom is 0.255 e. The van der Waals surface area contributed by atoms with Gasteiger partial charge in [0.2, 0.25) is 11.8 Å². The molecular formula is C14H12Br2N2O4. The Morgan fingerprint density at radius 1 is 1.18 bits per heavy atom. The monoisotopic (exact) mass is 430 g/mol. The van der Waals surface area contributed by atoms with Crippen LogP contribution in [0.3, 0.4) is 0 Å². The van der Waals surface area contributed by atoms with Crippen LogP contribution in [0.2, 0.25) is 0 Å². The van der Waals surface area contributed by atoms with E-state index in [1.54, 1.807) is 12.1 Å². The number of ether oxygens (including phenoxy) is 2. The first-order chi connectivity index (χ1) is 10.5. The van der Waals surface area contributed by atoms with E-state index in [1.807, 2.05) is 0 Å². The first kappa shape index (κ1) is 16.6. The highest BCUT2D eigenvalue weighted by Crippen LogP contribution is 2.34. The summed E-state index contributed by atoms with van der Waals surface area (Å²) in [5, 5.41) is 12.4. The van der Waals surface area contributed by atoms with Crippen molar-refractivity contribution >= 4 is 43.5 Å². The van der Waals surface area contributed by atoms with Crippen LogP contribution in [0.25, 0.3) is 0 Å². The van der Waals surface area contributed by atoms with Crippen LogP contribution in [0, 0.1) is 0 Å². The van der Waals surface area contributed by atoms with Gasteiger partial charge in [-0.15, -0.1) is 0 Å². The quantitative estimate of drug-likeness (QED) is 0.773. The van der Waals surface area contributed by atoms with Gasteiger partial charge in [-0.3, -0.25) is 4.79 Å². The Bertz CT molecular complexity index is 699. The second kappa shape index (κ2) is 6.97. The number of halogens is 2. The van der Waals surface area contributed by atoms with Crippen molar-refractivity contribution in [3.63, 3.8) is 0 Å². The number of carbonyl (C=O) groups is 1. The van der Waals surface area contributed by atoms with Crippen molar-refractivity contribution in [2.75, 3.05) is 19.5 Å². The van der Waals surface area contributed by atoms with Gasteiger partial charge in [0.05, 0.1) is 23.2 Å². The van der Waals surface area contributed by atoms with Gasteiger partial charge in [-0.2, -0.15) is 4.98 Å². The first-order valence-corrected chi connectivity index (χ1v) is 7.63. The molecule has 1 amide bonds. The highest BCUT2D eigenvalue weighted by atomic mass is 79.9. The van der Waals surface area contributed by atoms with Crippen molar-refractivity contribution in [2.45, 2.75) is 0 Å². The third-order valence-corrected chi connectivity index (χ3v) is 3.97. The molecule has 8 heteroatoms. The normalized spacial score (nSPS) is 10.2. The molecule has 116 valence electrons. The Labute approximate surface area is 143 Å². The molecule has 0 bridgehead atoms. The molecule has 1 aromatic carbocycles. The lowest BCUT2D eigenvalue weighted by molar-refractivity contribution is 0.102. The lowest BCUT2D eigenvalue weighted by atomic mass is 10.2. The highest BCUT2D eigenvalue weighted by Gasteiger charge is 2.15. The maximum atomic E-state index is 12.3. The van der Waals surface area contributed by atoms with Gasteiger partial charge in [-0.1, -0.05) is 0 Å². The van der Waals surface area contributed by atoms with Crippen molar-refractivity contribution in [2.24, 2.45) is 0 Å². The largest absolute Gasteiger partial charge is 0.506 e. The number of benzene rings is 1. The predicted octanol–water partition coefficient (Wildman–Crippen LogP) is 3.58. The van der Waals surface area contributed by atoms with Crippen LogP contribution in [-0.2, 0) is 0 Å². The lowest BCUT2D eigenvalue weighted by Gasteiger charge is -2.11. The SMILES string of the molecule is COc1ccc(NC(=O)c2cc(Br)c(O)c(Br)c2)c(OC)n1. The number of phenols is 1. The zero-order chi connectivity index (χ0) is 16.3. The van der Waals surface area contributed by atoms with E-state index in [9.17, 15) is 9.90 Å². The maximum absolute atomic E-state index is 12.3. The van der Waals surface area contributed by atoms with Gasteiger partial charge in [0.1, 0.15) is 11.4 Å². The zero-order valence-electron chi connectivity index (χ0n) is 11.7. The van der Waals surface area contributed by atoms with Crippen LogP contribution >= 0.6 is 31.9 Å². The summed E-state index contributed by atoms with van der Waals surface area (Å²) in [6.45, 7) is 0. The average molecular weight is 432 g/mol. The number of hydrogen-bond donors (Lipinski definition) is 2. The van der Waals surface area contributed by atoms with E-state index < -0.39 is 0 Å². The van der Waals surface area contributed by atoms with Crippen LogP contribution in [-0.4, -0.2) is 30.2 Å². The molecule has 0 atom stereocenters. The molecule has 0 radical (unpaired) electrons. The molecule has 0 aliphatic carbocycles. The number of anilines is 1. The molecule has 0 saturated carbocycles. The fraction of sp³-hybridized carbons (Fsp3) is 0.143. The molecular weight excluding hydrogens is 420 g/mol. The van der Waals surface area contributed by atoms with Gasteiger partial charge in [0, 0.05) is 11.6 Å². The molecule has 0 fully saturated rings. The lowest BCUT2D eigenvalue weighted by Crippen LogP contribution is -2.13. The molecule has 0 saturated heterocycles. The molecule has 0 aliphatic rings. The molecule has 1 aromatic heterocycles. The summed E-state index contributed by atoms with van der Waals surface area (Å²) in [5.74, 6) is 0.279. The second-order valence-electron chi connectivity index (χ2n) is 4.15. The number of methoxy groups -OCH3 is 2. The van der Waals surface area contributed by atoms with Gasteiger partial charge in [-0.25, -0.2) is 0 Å². The van der Waals surface area contributed by atoms with Crippen LogP contribution in [0.4, 0.5) is 5.69 Å². The number of phenolic OH excluding ortho intramolecular Hbond substituents is 1. The third kappa shape index (κ3) is 3.50. The number of nitrogens with one attached hydrogen (secondary N) is 1. The summed E-state index contributed by atoms with van der Waals surface area (Å²) in [7, 11) is 2.94. The molecule has 1 heterocycles. The summed E-state index contributed by atoms with van der Waals surface area (Å²) >= 11 is 6.37. The average Bonchev–Trinajstić information content (AvgIpc) is 2.52. The van der Waals surface area contributed by atoms with Crippen molar-refractivity contribution in [1.82, 2.24) is 4.98 Å². The summed E-state index contributed by atoms with van der Waals surface area (Å²) < 4.78 is 10.9. The number of aromatic nitrogens is 1. The Kier molecular flexibility index (Phi) is 5.25. The Morgan fingerprint density at radius 3 is 2.36 bits per heavy atom. The third-order valence-electron chi connectivity index (χ3n) is 2.76. The van der Waals surface area contributed by atoms with Crippen LogP contribution in [0.1, 0.15) is 10.4 Å². The molecule has 2 aromatic rings. The van der Waals surface area contributed by atoms with Crippen LogP contribution in [0.15, 0.2) is 33.2 Å². The number of carbonyl (C=O) groups excluding carboxylic acids is 1. The molecule has 22 heavy (non-hydrogen) atoms. The van der Waals surface area contributed by atoms with E-state index in [4.69, 9.17) is 9.47 Å². The topological polar surface area (TPSA) is 80.7 Å². The number of hydrogen-bond acceptors (Lipinski definition) is 5. The fourth-order valence-electron chi connectivity index (χ4n) is 1.68. The minimum absolute atomic E-state index is 0.0280. The Hall–Kier alpha value is -1.80. The molecule has 2 rings (SSSR count). The molecule has 0 unspecified atom stereocenters. The highest BCUT2D eigenvalue weighted by molar-refractivity contribution is 9.11. The van der Waals surface area contributed by atoms with E-state index >= 15 is 0 Å². The molecule has 6 nitrogen and oxygen atoms in total. The number of nitrogens with zero attached hydrogens (tertiary/aromatic N) is 1.